The fourth-order valence-electron chi connectivity index (χ4n) is 2.98. The summed E-state index contributed by atoms with van der Waals surface area (Å²) in [5.41, 5.74) is 0. The molecule has 0 radical (unpaired) electrons. The predicted octanol–water partition coefficient (Wildman–Crippen LogP) is 3.61. The monoisotopic (exact) mass is 316 g/mol. The van der Waals surface area contributed by atoms with Crippen LogP contribution in [0.15, 0.2) is 0 Å². The van der Waals surface area contributed by atoms with Crippen LogP contribution in [0.25, 0.3) is 0 Å². The maximum absolute atomic E-state index is 11.5. The van der Waals surface area contributed by atoms with Crippen molar-refractivity contribution in [2.45, 2.75) is 76.3 Å². The third-order valence-corrected chi connectivity index (χ3v) is 4.66. The molecule has 2 aliphatic carbocycles. The van der Waals surface area contributed by atoms with Crippen LogP contribution in [0.4, 0.5) is 9.59 Å². The Bertz CT molecular complexity index is 310. The van der Waals surface area contributed by atoms with Crippen LogP contribution in [0.3, 0.4) is 0 Å². The van der Waals surface area contributed by atoms with Gasteiger partial charge in [0, 0.05) is 12.1 Å². The lowest BCUT2D eigenvalue weighted by Gasteiger charge is -2.23. The number of hydrogen-bond donors (Lipinski definition) is 2. The molecular formula is C14H25N2O4P. The van der Waals surface area contributed by atoms with Crippen LogP contribution in [-0.4, -0.2) is 24.3 Å². The summed E-state index contributed by atoms with van der Waals surface area (Å²) in [4.78, 5) is 23.1. The molecule has 0 aromatic rings. The van der Waals surface area contributed by atoms with Gasteiger partial charge in [-0.25, -0.2) is 9.59 Å². The van der Waals surface area contributed by atoms with E-state index in [2.05, 4.69) is 10.6 Å². The van der Waals surface area contributed by atoms with Gasteiger partial charge in [0.15, 0.2) is 0 Å². The molecule has 2 fully saturated rings. The number of carbonyl (C=O) groups is 2. The van der Waals surface area contributed by atoms with E-state index in [9.17, 15) is 9.59 Å². The van der Waals surface area contributed by atoms with Gasteiger partial charge < -0.3 is 19.7 Å². The molecule has 120 valence electrons. The maximum Gasteiger partial charge on any atom is 0.412 e. The Balaban J connectivity index is 1.53. The Labute approximate surface area is 127 Å². The molecule has 2 aliphatic rings. The highest BCUT2D eigenvalue weighted by atomic mass is 31.1. The predicted molar refractivity (Wildman–Crippen MR) is 81.3 cm³/mol. The van der Waals surface area contributed by atoms with Crippen molar-refractivity contribution in [2.75, 3.05) is 0 Å². The Morgan fingerprint density at radius 2 is 1.10 bits per heavy atom. The van der Waals surface area contributed by atoms with Gasteiger partial charge in [-0.2, -0.15) is 0 Å². The van der Waals surface area contributed by atoms with E-state index < -0.39 is 21.2 Å². The molecule has 0 aromatic carbocycles. The second-order valence-corrected chi connectivity index (χ2v) is 6.40. The third kappa shape index (κ3) is 6.51. The quantitative estimate of drug-likeness (QED) is 0.777. The van der Waals surface area contributed by atoms with Crippen LogP contribution >= 0.6 is 9.03 Å². The summed E-state index contributed by atoms with van der Waals surface area (Å²) < 4.78 is 9.80. The Kier molecular flexibility index (Phi) is 7.07. The van der Waals surface area contributed by atoms with E-state index in [1.54, 1.807) is 0 Å². The number of hydrogen-bond acceptors (Lipinski definition) is 4. The van der Waals surface area contributed by atoms with Crippen molar-refractivity contribution in [3.63, 3.8) is 0 Å². The van der Waals surface area contributed by atoms with E-state index in [0.717, 1.165) is 51.4 Å². The molecule has 7 heteroatoms. The Hall–Kier alpha value is -1.03. The first-order valence-corrected chi connectivity index (χ1v) is 8.75. The summed E-state index contributed by atoms with van der Waals surface area (Å²) in [7, 11) is -0.589. The first kappa shape index (κ1) is 16.3. The lowest BCUT2D eigenvalue weighted by atomic mass is 9.96. The molecule has 2 N–H and O–H groups in total. The van der Waals surface area contributed by atoms with Gasteiger partial charge in [0.05, 0.1) is 0 Å². The number of nitrogens with one attached hydrogen (secondary N) is 2. The molecule has 2 rings (SSSR count). The number of carbonyl (C=O) groups excluding carboxylic acids is 2. The largest absolute Gasteiger partial charge is 0.412 e. The van der Waals surface area contributed by atoms with Crippen LogP contribution in [0, 0.1) is 0 Å². The third-order valence-electron chi connectivity index (χ3n) is 4.12. The summed E-state index contributed by atoms with van der Waals surface area (Å²) in [6, 6.07) is 0.402. The average Bonchev–Trinajstić information content (AvgIpc) is 2.49. The van der Waals surface area contributed by atoms with E-state index in [1.807, 2.05) is 0 Å². The van der Waals surface area contributed by atoms with Crippen molar-refractivity contribution in [2.24, 2.45) is 0 Å². The summed E-state index contributed by atoms with van der Waals surface area (Å²) in [6.45, 7) is 0. The van der Waals surface area contributed by atoms with Crippen molar-refractivity contribution in [1.29, 1.82) is 0 Å². The second kappa shape index (κ2) is 9.08. The highest BCUT2D eigenvalue weighted by Gasteiger charge is 2.18. The topological polar surface area (TPSA) is 76.7 Å². The molecule has 0 spiro atoms. The van der Waals surface area contributed by atoms with Crippen molar-refractivity contribution < 1.29 is 18.6 Å². The Morgan fingerprint density at radius 3 is 1.48 bits per heavy atom. The smallest absolute Gasteiger partial charge is 0.392 e. The molecule has 0 bridgehead atoms. The molecule has 0 heterocycles. The summed E-state index contributed by atoms with van der Waals surface area (Å²) in [5.74, 6) is 0. The number of rotatable bonds is 4. The molecule has 2 saturated carbocycles. The highest BCUT2D eigenvalue weighted by Crippen LogP contribution is 2.20. The molecule has 0 unspecified atom stereocenters. The Morgan fingerprint density at radius 1 is 0.714 bits per heavy atom. The summed E-state index contributed by atoms with van der Waals surface area (Å²) in [6.07, 6.45) is 10.1. The minimum atomic E-state index is -0.589. The fraction of sp³-hybridized carbons (Fsp3) is 0.857. The zero-order valence-electron chi connectivity index (χ0n) is 12.4. The molecular weight excluding hydrogens is 291 g/mol. The minimum Gasteiger partial charge on any atom is -0.392 e. The van der Waals surface area contributed by atoms with Gasteiger partial charge in [0.25, 0.3) is 9.03 Å². The average molecular weight is 316 g/mol. The standard InChI is InChI=1S/C14H25N2O4P/c17-13(15-11-7-3-1-4-8-11)19-21-20-14(18)16-12-9-5-2-6-10-12/h11-12,21H,1-10H2,(H,15,17)(H,16,18). The first-order chi connectivity index (χ1) is 10.2. The highest BCUT2D eigenvalue weighted by molar-refractivity contribution is 7.27. The van der Waals surface area contributed by atoms with E-state index in [-0.39, 0.29) is 12.1 Å². The summed E-state index contributed by atoms with van der Waals surface area (Å²) in [5, 5.41) is 5.62. The molecule has 0 aliphatic heterocycles. The van der Waals surface area contributed by atoms with Gasteiger partial charge >= 0.3 is 12.2 Å². The molecule has 6 nitrogen and oxygen atoms in total. The van der Waals surface area contributed by atoms with Gasteiger partial charge in [0.1, 0.15) is 0 Å². The maximum atomic E-state index is 11.5. The minimum absolute atomic E-state index is 0.201. The molecule has 0 atom stereocenters. The summed E-state index contributed by atoms with van der Waals surface area (Å²) >= 11 is 0. The van der Waals surface area contributed by atoms with Gasteiger partial charge in [-0.3, -0.25) is 0 Å². The van der Waals surface area contributed by atoms with Crippen molar-refractivity contribution in [3.05, 3.63) is 0 Å². The van der Waals surface area contributed by atoms with Crippen molar-refractivity contribution >= 4 is 21.2 Å². The molecule has 2 amide bonds. The first-order valence-electron chi connectivity index (χ1n) is 7.94. The normalized spacial score (nSPS) is 20.6. The van der Waals surface area contributed by atoms with Crippen LogP contribution in [0.5, 0.6) is 0 Å². The zero-order chi connectivity index (χ0) is 14.9. The van der Waals surface area contributed by atoms with E-state index >= 15 is 0 Å². The van der Waals surface area contributed by atoms with Crippen LogP contribution in [0.2, 0.25) is 0 Å². The van der Waals surface area contributed by atoms with Crippen LogP contribution in [0.1, 0.15) is 64.2 Å². The van der Waals surface area contributed by atoms with E-state index in [0.29, 0.717) is 0 Å². The van der Waals surface area contributed by atoms with E-state index in [1.165, 1.54) is 12.8 Å². The zero-order valence-corrected chi connectivity index (χ0v) is 13.4. The van der Waals surface area contributed by atoms with Crippen LogP contribution in [-0.2, 0) is 9.05 Å². The van der Waals surface area contributed by atoms with Gasteiger partial charge in [-0.1, -0.05) is 38.5 Å². The lowest BCUT2D eigenvalue weighted by molar-refractivity contribution is 0.181. The SMILES string of the molecule is O=C(NC1CCCCC1)OPOC(=O)NC1CCCCC1. The van der Waals surface area contributed by atoms with Crippen LogP contribution < -0.4 is 10.6 Å². The molecule has 0 saturated heterocycles. The van der Waals surface area contributed by atoms with E-state index in [4.69, 9.17) is 9.05 Å². The van der Waals surface area contributed by atoms with Gasteiger partial charge in [-0.05, 0) is 25.7 Å². The van der Waals surface area contributed by atoms with Crippen molar-refractivity contribution in [1.82, 2.24) is 10.6 Å². The lowest BCUT2D eigenvalue weighted by Crippen LogP contribution is -2.36. The molecule has 21 heavy (non-hydrogen) atoms. The number of amides is 2. The van der Waals surface area contributed by atoms with Gasteiger partial charge in [-0.15, -0.1) is 0 Å². The van der Waals surface area contributed by atoms with Gasteiger partial charge in [0.2, 0.25) is 0 Å². The molecule has 0 aromatic heterocycles. The fourth-order valence-corrected chi connectivity index (χ4v) is 3.29. The second-order valence-electron chi connectivity index (χ2n) is 5.82. The van der Waals surface area contributed by atoms with Crippen molar-refractivity contribution in [3.8, 4) is 0 Å².